The molecule has 10 heavy (non-hydrogen) atoms. The fourth-order valence-electron chi connectivity index (χ4n) is 1.43. The van der Waals surface area contributed by atoms with Gasteiger partial charge in [-0.25, -0.2) is 0 Å². The van der Waals surface area contributed by atoms with Crippen molar-refractivity contribution in [1.82, 2.24) is 4.90 Å². The molecule has 0 N–H and O–H groups in total. The second-order valence-corrected chi connectivity index (χ2v) is 2.98. The Bertz CT molecular complexity index is 121. The maximum atomic E-state index is 2.48. The summed E-state index contributed by atoms with van der Waals surface area (Å²) in [6.45, 7) is 6.86. The van der Waals surface area contributed by atoms with Gasteiger partial charge in [-0.2, -0.15) is 0 Å². The summed E-state index contributed by atoms with van der Waals surface area (Å²) in [5.74, 6) is 0. The molecule has 0 spiro atoms. The highest BCUT2D eigenvalue weighted by Gasteiger charge is 2.08. The number of hydrogen-bond acceptors (Lipinski definition) is 1. The number of allylic oxidation sites excluding steroid dienone is 2. The van der Waals surface area contributed by atoms with Gasteiger partial charge >= 0.3 is 0 Å². The predicted octanol–water partition coefficient (Wildman–Crippen LogP) is 2.40. The molecule has 0 atom stereocenters. The minimum absolute atomic E-state index is 1.27. The number of piperidine rings is 1. The minimum atomic E-state index is 1.27. The Morgan fingerprint density at radius 2 is 1.80 bits per heavy atom. The molecule has 0 radical (unpaired) electrons. The lowest BCUT2D eigenvalue weighted by Gasteiger charge is -2.29. The van der Waals surface area contributed by atoms with Crippen molar-refractivity contribution in [3.8, 4) is 0 Å². The molecular formula is C9H17N. The first-order valence-electron chi connectivity index (χ1n) is 4.22. The van der Waals surface area contributed by atoms with Crippen molar-refractivity contribution in [2.75, 3.05) is 13.1 Å². The summed E-state index contributed by atoms with van der Waals surface area (Å²) in [5.41, 5.74) is 1.44. The van der Waals surface area contributed by atoms with Gasteiger partial charge in [0.15, 0.2) is 0 Å². The van der Waals surface area contributed by atoms with Crippen LogP contribution < -0.4 is 0 Å². The Morgan fingerprint density at radius 3 is 2.30 bits per heavy atom. The summed E-state index contributed by atoms with van der Waals surface area (Å²) in [6, 6.07) is 0. The van der Waals surface area contributed by atoms with E-state index in [1.165, 1.54) is 38.0 Å². The van der Waals surface area contributed by atoms with Gasteiger partial charge < -0.3 is 4.90 Å². The van der Waals surface area contributed by atoms with Crippen LogP contribution in [-0.2, 0) is 0 Å². The van der Waals surface area contributed by atoms with E-state index in [1.807, 2.05) is 0 Å². The average Bonchev–Trinajstić information content (AvgIpc) is 2.05. The molecule has 1 saturated heterocycles. The molecule has 1 aliphatic rings. The van der Waals surface area contributed by atoms with Crippen LogP contribution >= 0.6 is 0 Å². The van der Waals surface area contributed by atoms with Gasteiger partial charge in [-0.1, -0.05) is 6.08 Å². The third-order valence-corrected chi connectivity index (χ3v) is 2.27. The smallest absolute Gasteiger partial charge is 0.0174 e. The maximum absolute atomic E-state index is 2.48. The number of nitrogens with zero attached hydrogens (tertiary/aromatic N) is 1. The Kier molecular flexibility index (Phi) is 2.79. The SMILES string of the molecule is CC=C(C)N1CCCCC1. The van der Waals surface area contributed by atoms with E-state index >= 15 is 0 Å². The molecule has 0 aromatic rings. The van der Waals surface area contributed by atoms with E-state index < -0.39 is 0 Å². The number of rotatable bonds is 1. The van der Waals surface area contributed by atoms with E-state index in [1.54, 1.807) is 0 Å². The zero-order chi connectivity index (χ0) is 7.40. The van der Waals surface area contributed by atoms with E-state index in [9.17, 15) is 0 Å². The molecule has 1 aliphatic heterocycles. The van der Waals surface area contributed by atoms with E-state index in [-0.39, 0.29) is 0 Å². The van der Waals surface area contributed by atoms with Crippen molar-refractivity contribution in [3.05, 3.63) is 11.8 Å². The fraction of sp³-hybridized carbons (Fsp3) is 0.778. The van der Waals surface area contributed by atoms with Crippen LogP contribution in [0.25, 0.3) is 0 Å². The Balaban J connectivity index is 2.39. The quantitative estimate of drug-likeness (QED) is 0.539. The Labute approximate surface area is 63.7 Å². The maximum Gasteiger partial charge on any atom is 0.0174 e. The van der Waals surface area contributed by atoms with Crippen LogP contribution in [0.15, 0.2) is 11.8 Å². The zero-order valence-electron chi connectivity index (χ0n) is 7.06. The lowest BCUT2D eigenvalue weighted by atomic mass is 10.1. The molecule has 0 aliphatic carbocycles. The van der Waals surface area contributed by atoms with Gasteiger partial charge in [0.25, 0.3) is 0 Å². The van der Waals surface area contributed by atoms with Crippen LogP contribution in [-0.4, -0.2) is 18.0 Å². The summed E-state index contributed by atoms with van der Waals surface area (Å²) in [6.07, 6.45) is 6.38. The van der Waals surface area contributed by atoms with E-state index in [2.05, 4.69) is 24.8 Å². The van der Waals surface area contributed by atoms with Crippen LogP contribution in [0.2, 0.25) is 0 Å². The third-order valence-electron chi connectivity index (χ3n) is 2.27. The lowest BCUT2D eigenvalue weighted by Crippen LogP contribution is -2.27. The normalized spacial score (nSPS) is 21.4. The molecule has 1 heteroatoms. The summed E-state index contributed by atoms with van der Waals surface area (Å²) in [7, 11) is 0. The van der Waals surface area contributed by atoms with E-state index in [4.69, 9.17) is 0 Å². The monoisotopic (exact) mass is 139 g/mol. The van der Waals surface area contributed by atoms with Crippen molar-refractivity contribution in [2.45, 2.75) is 33.1 Å². The summed E-state index contributed by atoms with van der Waals surface area (Å²) < 4.78 is 0. The highest BCUT2D eigenvalue weighted by molar-refractivity contribution is 4.95. The average molecular weight is 139 g/mol. The molecule has 0 saturated carbocycles. The second-order valence-electron chi connectivity index (χ2n) is 2.98. The highest BCUT2D eigenvalue weighted by atomic mass is 15.1. The van der Waals surface area contributed by atoms with Crippen LogP contribution in [0.5, 0.6) is 0 Å². The first-order valence-corrected chi connectivity index (χ1v) is 4.22. The Hall–Kier alpha value is -0.460. The third kappa shape index (κ3) is 1.76. The van der Waals surface area contributed by atoms with Gasteiger partial charge in [0.2, 0.25) is 0 Å². The van der Waals surface area contributed by atoms with Gasteiger partial charge in [-0.3, -0.25) is 0 Å². The topological polar surface area (TPSA) is 3.24 Å². The van der Waals surface area contributed by atoms with Crippen LogP contribution in [0.1, 0.15) is 33.1 Å². The molecule has 0 amide bonds. The standard InChI is InChI=1S/C9H17N/c1-3-9(2)10-7-5-4-6-8-10/h3H,4-8H2,1-2H3. The molecule has 1 nitrogen and oxygen atoms in total. The minimum Gasteiger partial charge on any atom is -0.375 e. The van der Waals surface area contributed by atoms with Gasteiger partial charge in [-0.15, -0.1) is 0 Å². The molecule has 58 valence electrons. The molecule has 1 rings (SSSR count). The van der Waals surface area contributed by atoms with Crippen LogP contribution in [0.4, 0.5) is 0 Å². The first kappa shape index (κ1) is 7.64. The fourth-order valence-corrected chi connectivity index (χ4v) is 1.43. The van der Waals surface area contributed by atoms with E-state index in [0.717, 1.165) is 0 Å². The zero-order valence-corrected chi connectivity index (χ0v) is 7.06. The Morgan fingerprint density at radius 1 is 1.20 bits per heavy atom. The van der Waals surface area contributed by atoms with Crippen molar-refractivity contribution in [1.29, 1.82) is 0 Å². The number of hydrogen-bond donors (Lipinski definition) is 0. The summed E-state index contributed by atoms with van der Waals surface area (Å²) >= 11 is 0. The largest absolute Gasteiger partial charge is 0.375 e. The molecule has 0 unspecified atom stereocenters. The second kappa shape index (κ2) is 3.65. The van der Waals surface area contributed by atoms with E-state index in [0.29, 0.717) is 0 Å². The molecule has 1 fully saturated rings. The van der Waals surface area contributed by atoms with Crippen molar-refractivity contribution < 1.29 is 0 Å². The molecule has 0 aromatic carbocycles. The van der Waals surface area contributed by atoms with Crippen LogP contribution in [0, 0.1) is 0 Å². The lowest BCUT2D eigenvalue weighted by molar-refractivity contribution is 0.285. The molecular weight excluding hydrogens is 122 g/mol. The van der Waals surface area contributed by atoms with Gasteiger partial charge in [0.05, 0.1) is 0 Å². The first-order chi connectivity index (χ1) is 4.84. The molecule has 0 bridgehead atoms. The summed E-state index contributed by atoms with van der Waals surface area (Å²) in [5, 5.41) is 0. The highest BCUT2D eigenvalue weighted by Crippen LogP contribution is 2.13. The van der Waals surface area contributed by atoms with Gasteiger partial charge in [0.1, 0.15) is 0 Å². The molecule has 0 aromatic heterocycles. The number of likely N-dealkylation sites (tertiary alicyclic amines) is 1. The van der Waals surface area contributed by atoms with Crippen molar-refractivity contribution in [3.63, 3.8) is 0 Å². The van der Waals surface area contributed by atoms with Crippen LogP contribution in [0.3, 0.4) is 0 Å². The van der Waals surface area contributed by atoms with Gasteiger partial charge in [0, 0.05) is 18.8 Å². The predicted molar refractivity (Wildman–Crippen MR) is 44.9 cm³/mol. The van der Waals surface area contributed by atoms with Crippen molar-refractivity contribution in [2.24, 2.45) is 0 Å². The summed E-state index contributed by atoms with van der Waals surface area (Å²) in [4.78, 5) is 2.48. The van der Waals surface area contributed by atoms with Gasteiger partial charge in [-0.05, 0) is 33.1 Å². The molecule has 1 heterocycles. The van der Waals surface area contributed by atoms with Crippen molar-refractivity contribution >= 4 is 0 Å².